The molecule has 0 heterocycles. The largest absolute Gasteiger partial charge is 0.465 e. The van der Waals surface area contributed by atoms with Gasteiger partial charge in [0.15, 0.2) is 0 Å². The number of methoxy groups -OCH3 is 1. The van der Waals surface area contributed by atoms with E-state index in [0.717, 1.165) is 0 Å². The third-order valence-electron chi connectivity index (χ3n) is 2.91. The van der Waals surface area contributed by atoms with Crippen LogP contribution >= 0.6 is 0 Å². The van der Waals surface area contributed by atoms with E-state index in [1.54, 1.807) is 24.3 Å². The number of hydrogen-bond donors (Lipinski definition) is 2. The second kappa shape index (κ2) is 6.89. The Balaban J connectivity index is 2.72. The van der Waals surface area contributed by atoms with Crippen LogP contribution in [-0.4, -0.2) is 30.7 Å². The van der Waals surface area contributed by atoms with E-state index in [1.165, 1.54) is 7.11 Å². The Morgan fingerprint density at radius 3 is 2.26 bits per heavy atom. The Hall–Kier alpha value is -1.88. The second-order valence-electron chi connectivity index (χ2n) is 4.59. The average Bonchev–Trinajstić information content (AvgIpc) is 2.39. The van der Waals surface area contributed by atoms with Crippen molar-refractivity contribution in [2.45, 2.75) is 13.8 Å². The number of esters is 1. The van der Waals surface area contributed by atoms with Crippen LogP contribution in [0.3, 0.4) is 0 Å². The topological polar surface area (TPSA) is 75.6 Å². The number of carbonyl (C=O) groups excluding carboxylic acids is 2. The Kier molecular flexibility index (Phi) is 5.51. The molecule has 5 nitrogen and oxygen atoms in total. The zero-order valence-corrected chi connectivity index (χ0v) is 11.3. The van der Waals surface area contributed by atoms with E-state index in [1.807, 2.05) is 13.8 Å². The predicted octanol–water partition coefficient (Wildman–Crippen LogP) is 1.68. The van der Waals surface area contributed by atoms with Crippen LogP contribution in [0.1, 0.15) is 24.2 Å². The molecule has 0 radical (unpaired) electrons. The number of benzene rings is 1. The summed E-state index contributed by atoms with van der Waals surface area (Å²) in [5.74, 6) is -1.05. The minimum atomic E-state index is -0.444. The van der Waals surface area contributed by atoms with E-state index in [-0.39, 0.29) is 18.4 Å². The van der Waals surface area contributed by atoms with Crippen LogP contribution in [0.4, 0.5) is 5.69 Å². The molecule has 1 unspecified atom stereocenters. The number of hydrogen-bond acceptors (Lipinski definition) is 4. The van der Waals surface area contributed by atoms with Crippen molar-refractivity contribution in [3.63, 3.8) is 0 Å². The van der Waals surface area contributed by atoms with Crippen LogP contribution in [0.15, 0.2) is 24.3 Å². The lowest BCUT2D eigenvalue weighted by atomic mass is 9.96. The highest BCUT2D eigenvalue weighted by Gasteiger charge is 2.21. The van der Waals surface area contributed by atoms with Crippen molar-refractivity contribution in [1.82, 2.24) is 0 Å². The van der Waals surface area contributed by atoms with E-state index in [2.05, 4.69) is 10.1 Å². The van der Waals surface area contributed by atoms with E-state index in [4.69, 9.17) is 0 Å². The fourth-order valence-corrected chi connectivity index (χ4v) is 1.64. The summed E-state index contributed by atoms with van der Waals surface area (Å²) in [6, 6.07) is 6.40. The lowest BCUT2D eigenvalue weighted by Crippen LogP contribution is -2.29. The smallest absolute Gasteiger partial charge is 0.337 e. The summed E-state index contributed by atoms with van der Waals surface area (Å²) in [6.45, 7) is 3.56. The molecule has 0 spiro atoms. The zero-order chi connectivity index (χ0) is 14.4. The molecule has 0 aromatic heterocycles. The van der Waals surface area contributed by atoms with E-state index < -0.39 is 11.9 Å². The predicted molar refractivity (Wildman–Crippen MR) is 71.8 cm³/mol. The number of nitrogens with one attached hydrogen (secondary N) is 1. The summed E-state index contributed by atoms with van der Waals surface area (Å²) < 4.78 is 4.58. The molecule has 19 heavy (non-hydrogen) atoms. The van der Waals surface area contributed by atoms with Crippen LogP contribution in [0.5, 0.6) is 0 Å². The molecular weight excluding hydrogens is 246 g/mol. The highest BCUT2D eigenvalue weighted by Crippen LogP contribution is 2.15. The van der Waals surface area contributed by atoms with Gasteiger partial charge in [0.2, 0.25) is 5.91 Å². The number of ether oxygens (including phenoxy) is 1. The maximum Gasteiger partial charge on any atom is 0.337 e. The van der Waals surface area contributed by atoms with Crippen molar-refractivity contribution in [3.05, 3.63) is 29.8 Å². The average molecular weight is 265 g/mol. The molecule has 0 fully saturated rings. The number of aliphatic hydroxyl groups is 1. The minimum Gasteiger partial charge on any atom is -0.465 e. The number of rotatable bonds is 5. The molecule has 0 aliphatic rings. The van der Waals surface area contributed by atoms with Gasteiger partial charge in [-0.05, 0) is 30.2 Å². The fourth-order valence-electron chi connectivity index (χ4n) is 1.64. The number of aliphatic hydroxyl groups excluding tert-OH is 1. The normalized spacial score (nSPS) is 12.1. The Labute approximate surface area is 112 Å². The Morgan fingerprint density at radius 2 is 1.84 bits per heavy atom. The molecular formula is C14H19NO4. The molecule has 0 aliphatic heterocycles. The monoisotopic (exact) mass is 265 g/mol. The summed E-state index contributed by atoms with van der Waals surface area (Å²) in [5.41, 5.74) is 1.000. The summed E-state index contributed by atoms with van der Waals surface area (Å²) in [4.78, 5) is 23.1. The van der Waals surface area contributed by atoms with Gasteiger partial charge in [-0.15, -0.1) is 0 Å². The third-order valence-corrected chi connectivity index (χ3v) is 2.91. The molecule has 0 bridgehead atoms. The third kappa shape index (κ3) is 4.06. The van der Waals surface area contributed by atoms with Gasteiger partial charge in [-0.1, -0.05) is 13.8 Å². The first kappa shape index (κ1) is 15.2. The highest BCUT2D eigenvalue weighted by atomic mass is 16.5. The molecule has 1 atom stereocenters. The molecule has 1 amide bonds. The maximum atomic E-state index is 11.9. The molecule has 1 aromatic rings. The molecule has 1 aromatic carbocycles. The van der Waals surface area contributed by atoms with Gasteiger partial charge >= 0.3 is 5.97 Å². The maximum absolute atomic E-state index is 11.9. The van der Waals surface area contributed by atoms with Gasteiger partial charge in [-0.2, -0.15) is 0 Å². The quantitative estimate of drug-likeness (QED) is 0.794. The molecule has 1 rings (SSSR count). The Morgan fingerprint density at radius 1 is 1.26 bits per heavy atom. The molecule has 0 aliphatic carbocycles. The lowest BCUT2D eigenvalue weighted by molar-refractivity contribution is -0.122. The standard InChI is InChI=1S/C14H19NO4/c1-9(2)12(8-16)13(17)15-11-6-4-10(5-7-11)14(18)19-3/h4-7,9,12,16H,8H2,1-3H3,(H,15,17). The van der Waals surface area contributed by atoms with Crippen LogP contribution in [0, 0.1) is 11.8 Å². The first-order chi connectivity index (χ1) is 8.99. The first-order valence-electron chi connectivity index (χ1n) is 6.09. The van der Waals surface area contributed by atoms with Gasteiger partial charge in [0.25, 0.3) is 0 Å². The van der Waals surface area contributed by atoms with Crippen molar-refractivity contribution in [2.24, 2.45) is 11.8 Å². The Bertz CT molecular complexity index is 439. The van der Waals surface area contributed by atoms with Gasteiger partial charge in [-0.3, -0.25) is 4.79 Å². The molecule has 104 valence electrons. The number of amides is 1. The lowest BCUT2D eigenvalue weighted by Gasteiger charge is -2.17. The second-order valence-corrected chi connectivity index (χ2v) is 4.59. The van der Waals surface area contributed by atoms with Crippen LogP contribution in [0.25, 0.3) is 0 Å². The fraction of sp³-hybridized carbons (Fsp3) is 0.429. The van der Waals surface area contributed by atoms with Crippen molar-refractivity contribution >= 4 is 17.6 Å². The summed E-state index contributed by atoms with van der Waals surface area (Å²) in [5, 5.41) is 11.9. The minimum absolute atomic E-state index is 0.0549. The van der Waals surface area contributed by atoms with Crippen molar-refractivity contribution < 1.29 is 19.4 Å². The van der Waals surface area contributed by atoms with Gasteiger partial charge in [0.05, 0.1) is 25.2 Å². The SMILES string of the molecule is COC(=O)c1ccc(NC(=O)C(CO)C(C)C)cc1. The number of anilines is 1. The molecule has 0 saturated heterocycles. The molecule has 2 N–H and O–H groups in total. The summed E-state index contributed by atoms with van der Waals surface area (Å²) in [7, 11) is 1.31. The van der Waals surface area contributed by atoms with Crippen LogP contribution in [0.2, 0.25) is 0 Å². The molecule has 0 saturated carbocycles. The van der Waals surface area contributed by atoms with Gasteiger partial charge in [0.1, 0.15) is 0 Å². The van der Waals surface area contributed by atoms with Crippen LogP contribution in [-0.2, 0) is 9.53 Å². The summed E-state index contributed by atoms with van der Waals surface area (Å²) >= 11 is 0. The van der Waals surface area contributed by atoms with Gasteiger partial charge in [0, 0.05) is 5.69 Å². The van der Waals surface area contributed by atoms with E-state index in [0.29, 0.717) is 11.3 Å². The van der Waals surface area contributed by atoms with E-state index in [9.17, 15) is 14.7 Å². The number of carbonyl (C=O) groups is 2. The summed E-state index contributed by atoms with van der Waals surface area (Å²) in [6.07, 6.45) is 0. The zero-order valence-electron chi connectivity index (χ0n) is 11.3. The molecule has 5 heteroatoms. The van der Waals surface area contributed by atoms with Crippen molar-refractivity contribution in [2.75, 3.05) is 19.0 Å². The van der Waals surface area contributed by atoms with Gasteiger partial charge in [-0.25, -0.2) is 4.79 Å². The van der Waals surface area contributed by atoms with Crippen molar-refractivity contribution in [3.8, 4) is 0 Å². The van der Waals surface area contributed by atoms with Gasteiger partial charge < -0.3 is 15.2 Å². The first-order valence-corrected chi connectivity index (χ1v) is 6.09. The highest BCUT2D eigenvalue weighted by molar-refractivity contribution is 5.94. The van der Waals surface area contributed by atoms with E-state index >= 15 is 0 Å². The van der Waals surface area contributed by atoms with Crippen molar-refractivity contribution in [1.29, 1.82) is 0 Å². The van der Waals surface area contributed by atoms with Crippen LogP contribution < -0.4 is 5.32 Å².